The molecular weight excluding hydrogens is 288 g/mol. The summed E-state index contributed by atoms with van der Waals surface area (Å²) >= 11 is 0. The topological polar surface area (TPSA) is 29.5 Å². The lowest BCUT2D eigenvalue weighted by atomic mass is 10.1. The third-order valence-electron chi connectivity index (χ3n) is 3.29. The molecule has 5 heteroatoms. The van der Waals surface area contributed by atoms with Gasteiger partial charge in [0.15, 0.2) is 11.6 Å². The first-order valence-corrected chi connectivity index (χ1v) is 6.91. The van der Waals surface area contributed by atoms with Crippen molar-refractivity contribution in [2.75, 3.05) is 18.6 Å². The first-order valence-electron chi connectivity index (χ1n) is 6.91. The maximum atomic E-state index is 13.4. The fourth-order valence-electron chi connectivity index (χ4n) is 2.16. The number of ether oxygens (including phenoxy) is 1. The van der Waals surface area contributed by atoms with Crippen molar-refractivity contribution in [3.63, 3.8) is 0 Å². The summed E-state index contributed by atoms with van der Waals surface area (Å²) in [6.07, 6.45) is 0. The van der Waals surface area contributed by atoms with Crippen molar-refractivity contribution in [1.29, 1.82) is 0 Å². The maximum Gasteiger partial charge on any atom is 0.258 e. The van der Waals surface area contributed by atoms with Gasteiger partial charge in [-0.1, -0.05) is 12.1 Å². The van der Waals surface area contributed by atoms with Gasteiger partial charge in [-0.15, -0.1) is 0 Å². The number of benzene rings is 2. The first-order chi connectivity index (χ1) is 10.6. The molecule has 3 nitrogen and oxygen atoms in total. The molecule has 0 aliphatic carbocycles. The molecule has 2 aromatic carbocycles. The number of hydrogen-bond donors (Lipinski definition) is 0. The van der Waals surface area contributed by atoms with Crippen LogP contribution in [0, 0.1) is 11.6 Å². The second-order valence-corrected chi connectivity index (χ2v) is 4.78. The van der Waals surface area contributed by atoms with E-state index in [-0.39, 0.29) is 5.91 Å². The Hall–Kier alpha value is -2.27. The van der Waals surface area contributed by atoms with Crippen LogP contribution in [0.15, 0.2) is 42.5 Å². The molecule has 2 rings (SSSR count). The third kappa shape index (κ3) is 3.49. The van der Waals surface area contributed by atoms with Crippen LogP contribution in [0.5, 0.6) is 0 Å². The largest absolute Gasteiger partial charge is 0.380 e. The number of hydrogen-bond acceptors (Lipinski definition) is 2. The number of rotatable bonds is 5. The van der Waals surface area contributed by atoms with Gasteiger partial charge in [0.1, 0.15) is 0 Å². The second kappa shape index (κ2) is 7.13. The first kappa shape index (κ1) is 16.1. The van der Waals surface area contributed by atoms with Crippen LogP contribution < -0.4 is 4.90 Å². The molecule has 22 heavy (non-hydrogen) atoms. The van der Waals surface area contributed by atoms with Gasteiger partial charge >= 0.3 is 0 Å². The van der Waals surface area contributed by atoms with E-state index in [4.69, 9.17) is 4.74 Å². The Labute approximate surface area is 128 Å². The Balaban J connectivity index is 2.26. The van der Waals surface area contributed by atoms with Crippen LogP contribution >= 0.6 is 0 Å². The normalized spacial score (nSPS) is 10.5. The van der Waals surface area contributed by atoms with Gasteiger partial charge in [0.25, 0.3) is 5.91 Å². The van der Waals surface area contributed by atoms with Crippen LogP contribution in [-0.2, 0) is 11.3 Å². The average molecular weight is 305 g/mol. The molecule has 0 atom stereocenters. The van der Waals surface area contributed by atoms with Crippen LogP contribution in [0.3, 0.4) is 0 Å². The van der Waals surface area contributed by atoms with Crippen LogP contribution in [0.4, 0.5) is 14.5 Å². The van der Waals surface area contributed by atoms with Crippen LogP contribution in [0.1, 0.15) is 22.8 Å². The number of nitrogens with zero attached hydrogens (tertiary/aromatic N) is 1. The number of amides is 1. The van der Waals surface area contributed by atoms with E-state index in [2.05, 4.69) is 0 Å². The predicted molar refractivity (Wildman–Crippen MR) is 80.9 cm³/mol. The summed E-state index contributed by atoms with van der Waals surface area (Å²) in [5.74, 6) is -2.17. The summed E-state index contributed by atoms with van der Waals surface area (Å²) < 4.78 is 31.4. The molecule has 0 saturated heterocycles. The predicted octanol–water partition coefficient (Wildman–Crippen LogP) is 3.78. The zero-order chi connectivity index (χ0) is 16.1. The fourth-order valence-corrected chi connectivity index (χ4v) is 2.16. The Bertz CT molecular complexity index is 656. The number of anilines is 1. The van der Waals surface area contributed by atoms with Gasteiger partial charge in [0.2, 0.25) is 0 Å². The zero-order valence-electron chi connectivity index (χ0n) is 12.5. The van der Waals surface area contributed by atoms with Gasteiger partial charge in [-0.05, 0) is 36.8 Å². The highest BCUT2D eigenvalue weighted by atomic mass is 19.2. The third-order valence-corrected chi connectivity index (χ3v) is 3.29. The Morgan fingerprint density at radius 2 is 1.77 bits per heavy atom. The molecule has 0 radical (unpaired) electrons. The maximum absolute atomic E-state index is 13.4. The van der Waals surface area contributed by atoms with E-state index in [0.717, 1.165) is 17.7 Å². The van der Waals surface area contributed by atoms with Gasteiger partial charge in [0.05, 0.1) is 6.61 Å². The van der Waals surface area contributed by atoms with E-state index in [9.17, 15) is 13.6 Å². The van der Waals surface area contributed by atoms with Gasteiger partial charge in [0, 0.05) is 31.0 Å². The molecule has 2 aromatic rings. The fraction of sp³-hybridized carbons (Fsp3) is 0.235. The highest BCUT2D eigenvalue weighted by molar-refractivity contribution is 6.06. The average Bonchev–Trinajstić information content (AvgIpc) is 2.52. The van der Waals surface area contributed by atoms with Gasteiger partial charge < -0.3 is 9.64 Å². The SMILES string of the molecule is CCN(C(=O)c1ccc(COC)cc1)c1ccc(F)c(F)c1. The molecule has 0 aliphatic rings. The van der Waals surface area contributed by atoms with Crippen molar-refractivity contribution in [2.24, 2.45) is 0 Å². The monoisotopic (exact) mass is 305 g/mol. The minimum absolute atomic E-state index is 0.266. The van der Waals surface area contributed by atoms with Crippen molar-refractivity contribution in [1.82, 2.24) is 0 Å². The second-order valence-electron chi connectivity index (χ2n) is 4.78. The van der Waals surface area contributed by atoms with E-state index in [1.165, 1.54) is 11.0 Å². The van der Waals surface area contributed by atoms with E-state index >= 15 is 0 Å². The molecule has 0 aliphatic heterocycles. The molecule has 0 bridgehead atoms. The van der Waals surface area contributed by atoms with Crippen LogP contribution in [0.2, 0.25) is 0 Å². The van der Waals surface area contributed by atoms with Crippen molar-refractivity contribution in [3.8, 4) is 0 Å². The van der Waals surface area contributed by atoms with Gasteiger partial charge in [-0.2, -0.15) is 0 Å². The van der Waals surface area contributed by atoms with Gasteiger partial charge in [-0.25, -0.2) is 8.78 Å². The molecule has 0 unspecified atom stereocenters. The lowest BCUT2D eigenvalue weighted by Crippen LogP contribution is -2.30. The number of methoxy groups -OCH3 is 1. The quantitative estimate of drug-likeness (QED) is 0.841. The van der Waals surface area contributed by atoms with E-state index in [1.807, 2.05) is 0 Å². The zero-order valence-corrected chi connectivity index (χ0v) is 12.5. The van der Waals surface area contributed by atoms with Crippen molar-refractivity contribution in [2.45, 2.75) is 13.5 Å². The summed E-state index contributed by atoms with van der Waals surface area (Å²) in [4.78, 5) is 13.9. The Morgan fingerprint density at radius 3 is 2.32 bits per heavy atom. The molecule has 116 valence electrons. The molecule has 0 N–H and O–H groups in total. The number of halogens is 2. The standard InChI is InChI=1S/C17H17F2NO2/c1-3-20(14-8-9-15(18)16(19)10-14)17(21)13-6-4-12(5-7-13)11-22-2/h4-10H,3,11H2,1-2H3. The highest BCUT2D eigenvalue weighted by Gasteiger charge is 2.17. The van der Waals surface area contributed by atoms with Crippen molar-refractivity contribution < 1.29 is 18.3 Å². The number of carbonyl (C=O) groups is 1. The molecule has 0 fully saturated rings. The molecule has 0 aromatic heterocycles. The summed E-state index contributed by atoms with van der Waals surface area (Å²) in [6.45, 7) is 2.59. The minimum Gasteiger partial charge on any atom is -0.380 e. The molecule has 0 saturated carbocycles. The van der Waals surface area contributed by atoms with Gasteiger partial charge in [-0.3, -0.25) is 4.79 Å². The highest BCUT2D eigenvalue weighted by Crippen LogP contribution is 2.20. The molecule has 0 heterocycles. The molecular formula is C17H17F2NO2. The van der Waals surface area contributed by atoms with E-state index in [0.29, 0.717) is 24.4 Å². The minimum atomic E-state index is -0.973. The Kier molecular flexibility index (Phi) is 5.22. The van der Waals surface area contributed by atoms with Crippen molar-refractivity contribution in [3.05, 3.63) is 65.2 Å². The summed E-state index contributed by atoms with van der Waals surface area (Å²) in [6, 6.07) is 10.4. The van der Waals surface area contributed by atoms with Crippen LogP contribution in [-0.4, -0.2) is 19.6 Å². The summed E-state index contributed by atoms with van der Waals surface area (Å²) in [5.41, 5.74) is 1.76. The smallest absolute Gasteiger partial charge is 0.258 e. The summed E-state index contributed by atoms with van der Waals surface area (Å²) in [5, 5.41) is 0. The summed E-state index contributed by atoms with van der Waals surface area (Å²) in [7, 11) is 1.60. The van der Waals surface area contributed by atoms with E-state index in [1.54, 1.807) is 38.3 Å². The lowest BCUT2D eigenvalue weighted by molar-refractivity contribution is 0.0988. The molecule has 1 amide bonds. The number of carbonyl (C=O) groups excluding carboxylic acids is 1. The van der Waals surface area contributed by atoms with Crippen LogP contribution in [0.25, 0.3) is 0 Å². The Morgan fingerprint density at radius 1 is 1.09 bits per heavy atom. The van der Waals surface area contributed by atoms with Crippen molar-refractivity contribution >= 4 is 11.6 Å². The lowest BCUT2D eigenvalue weighted by Gasteiger charge is -2.21. The molecule has 0 spiro atoms. The van der Waals surface area contributed by atoms with E-state index < -0.39 is 11.6 Å².